The average Bonchev–Trinajstić information content (AvgIpc) is 2.88. The molecule has 12 heteroatoms. The van der Waals surface area contributed by atoms with E-state index in [0.29, 0.717) is 24.3 Å². The largest absolute Gasteiger partial charge is 0.494 e. The molecule has 2 aliphatic rings. The molecule has 1 aliphatic heterocycles. The second kappa shape index (κ2) is 11.6. The van der Waals surface area contributed by atoms with Crippen molar-refractivity contribution in [1.82, 2.24) is 19.8 Å². The van der Waals surface area contributed by atoms with E-state index in [1.165, 1.54) is 6.92 Å². The molecule has 1 aliphatic carbocycles. The number of piperazine rings is 1. The molecule has 2 fully saturated rings. The molecule has 4 rings (SSSR count). The summed E-state index contributed by atoms with van der Waals surface area (Å²) in [6.45, 7) is 5.17. The predicted octanol–water partition coefficient (Wildman–Crippen LogP) is 4.20. The normalized spacial score (nSPS) is 20.7. The minimum absolute atomic E-state index is 0.0124. The van der Waals surface area contributed by atoms with Crippen molar-refractivity contribution < 1.29 is 22.7 Å². The van der Waals surface area contributed by atoms with Crippen LogP contribution in [0.25, 0.3) is 0 Å². The maximum atomic E-state index is 13.9. The Morgan fingerprint density at radius 1 is 1.16 bits per heavy atom. The number of nitrogens with zero attached hydrogens (tertiary/aromatic N) is 5. The van der Waals surface area contributed by atoms with Gasteiger partial charge in [-0.05, 0) is 32.0 Å². The number of carbonyl (C=O) groups excluding carboxylic acids is 1. The molecule has 38 heavy (non-hydrogen) atoms. The number of benzene rings is 1. The molecule has 1 saturated carbocycles. The number of anilines is 4. The molecular formula is C26H36F3N7O2. The van der Waals surface area contributed by atoms with Gasteiger partial charge in [0.1, 0.15) is 17.1 Å². The minimum atomic E-state index is -4.64. The molecule has 2 atom stereocenters. The molecule has 0 spiro atoms. The van der Waals surface area contributed by atoms with Crippen molar-refractivity contribution in [2.24, 2.45) is 0 Å². The molecule has 1 aromatic carbocycles. The summed E-state index contributed by atoms with van der Waals surface area (Å²) in [5.41, 5.74) is 0.604. The Morgan fingerprint density at radius 3 is 2.53 bits per heavy atom. The summed E-state index contributed by atoms with van der Waals surface area (Å²) < 4.78 is 47.2. The monoisotopic (exact) mass is 535 g/mol. The summed E-state index contributed by atoms with van der Waals surface area (Å²) in [5, 5.41) is 6.03. The molecular weight excluding hydrogens is 499 g/mol. The number of amides is 1. The summed E-state index contributed by atoms with van der Waals surface area (Å²) in [5.74, 6) is 0.113. The number of carbonyl (C=O) groups is 1. The maximum Gasteiger partial charge on any atom is 0.421 e. The first kappa shape index (κ1) is 27.7. The van der Waals surface area contributed by atoms with Crippen LogP contribution in [-0.2, 0) is 11.0 Å². The number of likely N-dealkylation sites (N-methyl/N-ethyl adjacent to an activating group) is 2. The molecule has 208 valence electrons. The Hall–Kier alpha value is -3.28. The fraction of sp³-hybridized carbons (Fsp3) is 0.577. The van der Waals surface area contributed by atoms with Crippen LogP contribution in [0.2, 0.25) is 0 Å². The van der Waals surface area contributed by atoms with Crippen molar-refractivity contribution in [1.29, 1.82) is 0 Å². The van der Waals surface area contributed by atoms with E-state index >= 15 is 0 Å². The fourth-order valence-electron chi connectivity index (χ4n) is 5.08. The molecule has 9 nitrogen and oxygen atoms in total. The van der Waals surface area contributed by atoms with Crippen LogP contribution in [0.1, 0.15) is 38.2 Å². The number of hydrogen-bond acceptors (Lipinski definition) is 8. The van der Waals surface area contributed by atoms with Gasteiger partial charge in [0.2, 0.25) is 11.9 Å². The average molecular weight is 536 g/mol. The first-order valence-electron chi connectivity index (χ1n) is 12.9. The zero-order chi connectivity index (χ0) is 27.4. The van der Waals surface area contributed by atoms with Crippen molar-refractivity contribution >= 4 is 29.0 Å². The molecule has 0 bridgehead atoms. The van der Waals surface area contributed by atoms with Gasteiger partial charge >= 0.3 is 6.18 Å². The Bertz CT molecular complexity index is 1120. The van der Waals surface area contributed by atoms with E-state index in [4.69, 9.17) is 4.74 Å². The number of hydrogen-bond donors (Lipinski definition) is 2. The van der Waals surface area contributed by atoms with Gasteiger partial charge in [0, 0.05) is 64.1 Å². The highest BCUT2D eigenvalue weighted by molar-refractivity contribution is 5.73. The van der Waals surface area contributed by atoms with Crippen molar-refractivity contribution in [2.45, 2.75) is 50.9 Å². The molecule has 2 heterocycles. The van der Waals surface area contributed by atoms with E-state index in [9.17, 15) is 18.0 Å². The van der Waals surface area contributed by atoms with Gasteiger partial charge in [-0.25, -0.2) is 4.98 Å². The third-order valence-electron chi connectivity index (χ3n) is 7.44. The van der Waals surface area contributed by atoms with E-state index in [1.54, 1.807) is 19.1 Å². The highest BCUT2D eigenvalue weighted by Crippen LogP contribution is 2.37. The van der Waals surface area contributed by atoms with Crippen LogP contribution in [-0.4, -0.2) is 85.1 Å². The van der Waals surface area contributed by atoms with Crippen LogP contribution in [0.15, 0.2) is 24.4 Å². The molecule has 0 unspecified atom stereocenters. The van der Waals surface area contributed by atoms with Crippen LogP contribution in [0.4, 0.5) is 36.3 Å². The SMILES string of the molecule is COc1cc(N2CCN(C)CC2)ccc1Nc1ncc(C(F)(F)F)c(N[C@@H]2CCCC[C@H]2N(C)C(C)=O)n1. The Labute approximate surface area is 221 Å². The van der Waals surface area contributed by atoms with Crippen LogP contribution in [0, 0.1) is 0 Å². The van der Waals surface area contributed by atoms with Crippen molar-refractivity contribution in [2.75, 3.05) is 62.9 Å². The van der Waals surface area contributed by atoms with Gasteiger partial charge in [0.15, 0.2) is 0 Å². The van der Waals surface area contributed by atoms with Gasteiger partial charge in [-0.2, -0.15) is 18.2 Å². The van der Waals surface area contributed by atoms with Gasteiger partial charge in [-0.15, -0.1) is 0 Å². The van der Waals surface area contributed by atoms with Crippen LogP contribution in [0.3, 0.4) is 0 Å². The lowest BCUT2D eigenvalue weighted by atomic mass is 9.89. The number of nitrogens with one attached hydrogen (secondary N) is 2. The lowest BCUT2D eigenvalue weighted by Crippen LogP contribution is -2.49. The van der Waals surface area contributed by atoms with Gasteiger partial charge in [0.25, 0.3) is 0 Å². The van der Waals surface area contributed by atoms with Gasteiger partial charge in [-0.3, -0.25) is 4.79 Å². The molecule has 1 saturated heterocycles. The summed E-state index contributed by atoms with van der Waals surface area (Å²) in [7, 11) is 5.32. The lowest BCUT2D eigenvalue weighted by Gasteiger charge is -2.38. The van der Waals surface area contributed by atoms with E-state index in [2.05, 4.69) is 37.4 Å². The first-order valence-corrected chi connectivity index (χ1v) is 12.9. The number of methoxy groups -OCH3 is 1. The minimum Gasteiger partial charge on any atom is -0.494 e. The van der Waals surface area contributed by atoms with Crippen molar-refractivity contribution in [3.8, 4) is 5.75 Å². The third kappa shape index (κ3) is 6.40. The van der Waals surface area contributed by atoms with Crippen molar-refractivity contribution in [3.63, 3.8) is 0 Å². The van der Waals surface area contributed by atoms with E-state index in [1.807, 2.05) is 18.2 Å². The first-order chi connectivity index (χ1) is 18.1. The standard InChI is InChI=1S/C26H36F3N7O2/c1-17(37)35(3)22-8-6-5-7-20(22)31-24-19(26(27,28)29)16-30-25(33-24)32-21-10-9-18(15-23(21)38-4)36-13-11-34(2)12-14-36/h9-10,15-16,20,22H,5-8,11-14H2,1-4H3,(H2,30,31,32,33)/t20-,22-/m1/s1. The number of rotatable bonds is 7. The Morgan fingerprint density at radius 2 is 1.87 bits per heavy atom. The fourth-order valence-corrected chi connectivity index (χ4v) is 5.08. The number of halogens is 3. The molecule has 1 amide bonds. The van der Waals surface area contributed by atoms with E-state index < -0.39 is 11.7 Å². The molecule has 2 N–H and O–H groups in total. The van der Waals surface area contributed by atoms with Crippen LogP contribution < -0.4 is 20.3 Å². The predicted molar refractivity (Wildman–Crippen MR) is 141 cm³/mol. The second-order valence-corrected chi connectivity index (χ2v) is 9.99. The van der Waals surface area contributed by atoms with Gasteiger partial charge in [-0.1, -0.05) is 12.8 Å². The highest BCUT2D eigenvalue weighted by atomic mass is 19.4. The number of alkyl halides is 3. The topological polar surface area (TPSA) is 85.9 Å². The Balaban J connectivity index is 1.59. The summed E-state index contributed by atoms with van der Waals surface area (Å²) >= 11 is 0. The van der Waals surface area contributed by atoms with Crippen molar-refractivity contribution in [3.05, 3.63) is 30.0 Å². The number of ether oxygens (including phenoxy) is 1. The third-order valence-corrected chi connectivity index (χ3v) is 7.44. The lowest BCUT2D eigenvalue weighted by molar-refractivity contribution is -0.137. The zero-order valence-electron chi connectivity index (χ0n) is 22.3. The van der Waals surface area contributed by atoms with Crippen LogP contribution in [0.5, 0.6) is 5.75 Å². The molecule has 1 aromatic heterocycles. The summed E-state index contributed by atoms with van der Waals surface area (Å²) in [4.78, 5) is 26.3. The van der Waals surface area contributed by atoms with Crippen LogP contribution >= 0.6 is 0 Å². The maximum absolute atomic E-state index is 13.9. The smallest absolute Gasteiger partial charge is 0.421 e. The zero-order valence-corrected chi connectivity index (χ0v) is 22.3. The van der Waals surface area contributed by atoms with E-state index in [-0.39, 0.29) is 29.8 Å². The number of aromatic nitrogens is 2. The molecule has 2 aromatic rings. The van der Waals surface area contributed by atoms with Gasteiger partial charge in [0.05, 0.1) is 18.8 Å². The van der Waals surface area contributed by atoms with Gasteiger partial charge < -0.3 is 30.1 Å². The summed E-state index contributed by atoms with van der Waals surface area (Å²) in [6, 6.07) is 5.08. The molecule has 0 radical (unpaired) electrons. The highest BCUT2D eigenvalue weighted by Gasteiger charge is 2.37. The Kier molecular flexibility index (Phi) is 8.49. The van der Waals surface area contributed by atoms with E-state index in [0.717, 1.165) is 50.9 Å². The quantitative estimate of drug-likeness (QED) is 0.546. The second-order valence-electron chi connectivity index (χ2n) is 9.99. The summed E-state index contributed by atoms with van der Waals surface area (Å²) in [6.07, 6.45) is -0.744.